The number of benzene rings is 1. The normalized spacial score (nSPS) is 23.9. The minimum atomic E-state index is 0.202. The van der Waals surface area contributed by atoms with E-state index in [1.54, 1.807) is 11.8 Å². The van der Waals surface area contributed by atoms with Crippen LogP contribution in [-0.4, -0.2) is 30.9 Å². The summed E-state index contributed by atoms with van der Waals surface area (Å²) in [6.45, 7) is 1.54. The van der Waals surface area contributed by atoms with Crippen LogP contribution in [0.1, 0.15) is 19.3 Å². The van der Waals surface area contributed by atoms with Crippen LogP contribution >= 0.6 is 11.8 Å². The van der Waals surface area contributed by atoms with Crippen molar-refractivity contribution in [3.05, 3.63) is 24.3 Å². The zero-order valence-electron chi connectivity index (χ0n) is 10.3. The van der Waals surface area contributed by atoms with Crippen LogP contribution in [0.2, 0.25) is 0 Å². The fourth-order valence-electron chi connectivity index (χ4n) is 2.51. The first-order chi connectivity index (χ1) is 8.84. The SMILES string of the molecule is O=C1CSc2ccccc2N1C[C@@H]1CCCCO1. The Morgan fingerprint density at radius 2 is 2.22 bits per heavy atom. The van der Waals surface area contributed by atoms with Gasteiger partial charge in [0.1, 0.15) is 0 Å². The molecule has 1 amide bonds. The van der Waals surface area contributed by atoms with E-state index >= 15 is 0 Å². The van der Waals surface area contributed by atoms with Crippen LogP contribution in [0, 0.1) is 0 Å². The maximum Gasteiger partial charge on any atom is 0.237 e. The molecule has 1 aromatic rings. The van der Waals surface area contributed by atoms with Gasteiger partial charge in [0.05, 0.1) is 24.1 Å². The molecule has 96 valence electrons. The van der Waals surface area contributed by atoms with Gasteiger partial charge in [-0.3, -0.25) is 4.79 Å². The topological polar surface area (TPSA) is 29.5 Å². The summed E-state index contributed by atoms with van der Waals surface area (Å²) in [5, 5.41) is 0. The van der Waals surface area contributed by atoms with Gasteiger partial charge < -0.3 is 9.64 Å². The molecule has 0 spiro atoms. The van der Waals surface area contributed by atoms with Gasteiger partial charge in [-0.05, 0) is 31.4 Å². The van der Waals surface area contributed by atoms with Crippen molar-refractivity contribution in [1.82, 2.24) is 0 Å². The highest BCUT2D eigenvalue weighted by atomic mass is 32.2. The third-order valence-corrected chi connectivity index (χ3v) is 4.52. The lowest BCUT2D eigenvalue weighted by Crippen LogP contribution is -2.42. The van der Waals surface area contributed by atoms with Crippen LogP contribution in [0.4, 0.5) is 5.69 Å². The van der Waals surface area contributed by atoms with E-state index in [9.17, 15) is 4.79 Å². The van der Waals surface area contributed by atoms with E-state index in [4.69, 9.17) is 4.74 Å². The smallest absolute Gasteiger partial charge is 0.237 e. The predicted octanol–water partition coefficient (Wildman–Crippen LogP) is 2.69. The summed E-state index contributed by atoms with van der Waals surface area (Å²) in [7, 11) is 0. The Morgan fingerprint density at radius 1 is 1.33 bits per heavy atom. The minimum absolute atomic E-state index is 0.202. The highest BCUT2D eigenvalue weighted by Gasteiger charge is 2.27. The first kappa shape index (κ1) is 12.1. The van der Waals surface area contributed by atoms with Gasteiger partial charge in [-0.1, -0.05) is 12.1 Å². The average Bonchev–Trinajstić information content (AvgIpc) is 2.43. The predicted molar refractivity (Wildman–Crippen MR) is 73.1 cm³/mol. The Morgan fingerprint density at radius 3 is 3.06 bits per heavy atom. The summed E-state index contributed by atoms with van der Waals surface area (Å²) in [5.74, 6) is 0.747. The van der Waals surface area contributed by atoms with Crippen molar-refractivity contribution in [2.45, 2.75) is 30.3 Å². The van der Waals surface area contributed by atoms with Gasteiger partial charge in [0.2, 0.25) is 5.91 Å². The van der Waals surface area contributed by atoms with E-state index < -0.39 is 0 Å². The lowest BCUT2D eigenvalue weighted by atomic mass is 10.1. The molecule has 0 unspecified atom stereocenters. The molecule has 2 aliphatic heterocycles. The molecule has 0 aromatic heterocycles. The number of thioether (sulfide) groups is 1. The summed E-state index contributed by atoms with van der Waals surface area (Å²) >= 11 is 1.63. The molecule has 0 bridgehead atoms. The number of hydrogen-bond acceptors (Lipinski definition) is 3. The largest absolute Gasteiger partial charge is 0.376 e. The van der Waals surface area contributed by atoms with Crippen LogP contribution in [0.25, 0.3) is 0 Å². The molecule has 2 aliphatic rings. The molecule has 3 rings (SSSR count). The molecule has 3 nitrogen and oxygen atoms in total. The lowest BCUT2D eigenvalue weighted by Gasteiger charge is -2.33. The van der Waals surface area contributed by atoms with Crippen LogP contribution < -0.4 is 4.90 Å². The van der Waals surface area contributed by atoms with Crippen LogP contribution in [0.3, 0.4) is 0 Å². The van der Waals surface area contributed by atoms with E-state index in [1.165, 1.54) is 11.3 Å². The fourth-order valence-corrected chi connectivity index (χ4v) is 3.44. The summed E-state index contributed by atoms with van der Waals surface area (Å²) in [6, 6.07) is 8.13. The number of fused-ring (bicyclic) bond motifs is 1. The third-order valence-electron chi connectivity index (χ3n) is 3.47. The summed E-state index contributed by atoms with van der Waals surface area (Å²) in [4.78, 5) is 15.2. The maximum atomic E-state index is 12.1. The summed E-state index contributed by atoms with van der Waals surface area (Å²) < 4.78 is 5.74. The standard InChI is InChI=1S/C14H17NO2S/c16-14-10-18-13-7-2-1-6-12(13)15(14)9-11-5-3-4-8-17-11/h1-2,6-7,11H,3-5,8-10H2/t11-/m0/s1. The Kier molecular flexibility index (Phi) is 3.57. The second-order valence-corrected chi connectivity index (χ2v) is 5.77. The van der Waals surface area contributed by atoms with E-state index in [0.29, 0.717) is 12.3 Å². The van der Waals surface area contributed by atoms with Gasteiger partial charge >= 0.3 is 0 Å². The number of carbonyl (C=O) groups is 1. The fraction of sp³-hybridized carbons (Fsp3) is 0.500. The molecule has 18 heavy (non-hydrogen) atoms. The highest BCUT2D eigenvalue weighted by Crippen LogP contribution is 2.35. The number of amides is 1. The molecule has 1 aromatic carbocycles. The molecule has 1 fully saturated rings. The first-order valence-electron chi connectivity index (χ1n) is 6.48. The molecule has 0 aliphatic carbocycles. The lowest BCUT2D eigenvalue weighted by molar-refractivity contribution is -0.116. The summed E-state index contributed by atoms with van der Waals surface area (Å²) in [5.41, 5.74) is 1.05. The van der Waals surface area contributed by atoms with Gasteiger partial charge in [0.15, 0.2) is 0 Å². The molecule has 4 heteroatoms. The van der Waals surface area contributed by atoms with Crippen molar-refractivity contribution in [1.29, 1.82) is 0 Å². The molecule has 1 saturated heterocycles. The quantitative estimate of drug-likeness (QED) is 0.821. The summed E-state index contributed by atoms with van der Waals surface area (Å²) in [6.07, 6.45) is 3.64. The molecule has 0 saturated carbocycles. The zero-order chi connectivity index (χ0) is 12.4. The number of para-hydroxylation sites is 1. The number of hydrogen-bond donors (Lipinski definition) is 0. The molecule has 2 heterocycles. The number of carbonyl (C=O) groups excluding carboxylic acids is 1. The first-order valence-corrected chi connectivity index (χ1v) is 7.47. The van der Waals surface area contributed by atoms with Crippen LogP contribution in [0.15, 0.2) is 29.2 Å². The van der Waals surface area contributed by atoms with E-state index in [0.717, 1.165) is 25.1 Å². The molecular formula is C14H17NO2S. The van der Waals surface area contributed by atoms with Gasteiger partial charge in [-0.25, -0.2) is 0 Å². The molecule has 0 N–H and O–H groups in total. The molecule has 1 atom stereocenters. The van der Waals surface area contributed by atoms with Crippen molar-refractivity contribution < 1.29 is 9.53 Å². The minimum Gasteiger partial charge on any atom is -0.376 e. The maximum absolute atomic E-state index is 12.1. The van der Waals surface area contributed by atoms with Gasteiger partial charge in [0, 0.05) is 11.5 Å². The second kappa shape index (κ2) is 5.33. The average molecular weight is 263 g/mol. The van der Waals surface area contributed by atoms with Gasteiger partial charge in [0.25, 0.3) is 0 Å². The zero-order valence-corrected chi connectivity index (χ0v) is 11.1. The van der Waals surface area contributed by atoms with Crippen molar-refractivity contribution in [2.75, 3.05) is 23.8 Å². The van der Waals surface area contributed by atoms with Gasteiger partial charge in [-0.2, -0.15) is 0 Å². The van der Waals surface area contributed by atoms with Crippen molar-refractivity contribution in [3.8, 4) is 0 Å². The van der Waals surface area contributed by atoms with Crippen LogP contribution in [0.5, 0.6) is 0 Å². The number of anilines is 1. The Balaban J connectivity index is 1.79. The highest BCUT2D eigenvalue weighted by molar-refractivity contribution is 8.00. The monoisotopic (exact) mass is 263 g/mol. The van der Waals surface area contributed by atoms with Crippen molar-refractivity contribution in [2.24, 2.45) is 0 Å². The van der Waals surface area contributed by atoms with E-state index in [1.807, 2.05) is 23.1 Å². The third kappa shape index (κ3) is 2.40. The van der Waals surface area contributed by atoms with Crippen molar-refractivity contribution >= 4 is 23.4 Å². The van der Waals surface area contributed by atoms with Crippen LogP contribution in [-0.2, 0) is 9.53 Å². The Hall–Kier alpha value is -1.00. The van der Waals surface area contributed by atoms with E-state index in [2.05, 4.69) is 6.07 Å². The van der Waals surface area contributed by atoms with Crippen molar-refractivity contribution in [3.63, 3.8) is 0 Å². The Labute approximate surface area is 111 Å². The number of ether oxygens (including phenoxy) is 1. The second-order valence-electron chi connectivity index (χ2n) is 4.75. The molecule has 0 radical (unpaired) electrons. The Bertz CT molecular complexity index is 443. The van der Waals surface area contributed by atoms with E-state index in [-0.39, 0.29) is 12.0 Å². The number of rotatable bonds is 2. The molecular weight excluding hydrogens is 246 g/mol. The number of nitrogens with zero attached hydrogens (tertiary/aromatic N) is 1. The van der Waals surface area contributed by atoms with Gasteiger partial charge in [-0.15, -0.1) is 11.8 Å².